The first kappa shape index (κ1) is 16.9. The molecule has 0 aromatic carbocycles. The molecule has 1 aliphatic carbocycles. The minimum absolute atomic E-state index is 0.00704. The second-order valence-electron chi connectivity index (χ2n) is 6.85. The van der Waals surface area contributed by atoms with Crippen LogP contribution >= 0.6 is 0 Å². The molecule has 2 aromatic heterocycles. The van der Waals surface area contributed by atoms with Crippen LogP contribution in [0, 0.1) is 5.82 Å². The number of aryl methyl sites for hydroxylation is 1. The van der Waals surface area contributed by atoms with Crippen molar-refractivity contribution in [2.75, 3.05) is 31.2 Å². The van der Waals surface area contributed by atoms with Gasteiger partial charge >= 0.3 is 5.97 Å². The Morgan fingerprint density at radius 1 is 1.42 bits per heavy atom. The standard InChI is InChI=1S/C17H18F2N4O3/c18-3-5-22-8-11(16(25)26)13(24)10-7-12(19)15(21-14(10)22)23-6-4-20-17(9-23)1-2-17/h7-8,20H,1-6,9H2,(H,25,26). The Bertz CT molecular complexity index is 955. The fourth-order valence-corrected chi connectivity index (χ4v) is 3.53. The van der Waals surface area contributed by atoms with Crippen LogP contribution in [0.25, 0.3) is 11.0 Å². The maximum absolute atomic E-state index is 14.7. The van der Waals surface area contributed by atoms with Crippen LogP contribution in [0.3, 0.4) is 0 Å². The normalized spacial score (nSPS) is 18.5. The first-order valence-electron chi connectivity index (χ1n) is 8.47. The van der Waals surface area contributed by atoms with E-state index in [4.69, 9.17) is 0 Å². The van der Waals surface area contributed by atoms with E-state index in [1.807, 2.05) is 4.90 Å². The number of pyridine rings is 2. The van der Waals surface area contributed by atoms with Crippen molar-refractivity contribution in [3.05, 3.63) is 33.9 Å². The number of anilines is 1. The minimum atomic E-state index is -1.44. The van der Waals surface area contributed by atoms with Crippen LogP contribution in [0.2, 0.25) is 0 Å². The Kier molecular flexibility index (Phi) is 3.91. The van der Waals surface area contributed by atoms with E-state index in [0.29, 0.717) is 19.6 Å². The van der Waals surface area contributed by atoms with E-state index in [1.165, 1.54) is 4.57 Å². The fraction of sp³-hybridized carbons (Fsp3) is 0.471. The number of alkyl halides is 1. The van der Waals surface area contributed by atoms with Gasteiger partial charge in [-0.25, -0.2) is 18.6 Å². The van der Waals surface area contributed by atoms with Crippen LogP contribution in [0.1, 0.15) is 23.2 Å². The molecule has 2 fully saturated rings. The quantitative estimate of drug-likeness (QED) is 0.846. The Morgan fingerprint density at radius 3 is 2.85 bits per heavy atom. The summed E-state index contributed by atoms with van der Waals surface area (Å²) in [7, 11) is 0. The Labute approximate surface area is 147 Å². The third-order valence-corrected chi connectivity index (χ3v) is 5.07. The first-order chi connectivity index (χ1) is 12.4. The lowest BCUT2D eigenvalue weighted by atomic mass is 10.1. The third-order valence-electron chi connectivity index (χ3n) is 5.07. The van der Waals surface area contributed by atoms with E-state index in [-0.39, 0.29) is 28.9 Å². The molecule has 0 amide bonds. The van der Waals surface area contributed by atoms with Gasteiger partial charge in [0.05, 0.1) is 11.9 Å². The van der Waals surface area contributed by atoms with Crippen LogP contribution in [-0.2, 0) is 6.54 Å². The molecule has 7 nitrogen and oxygen atoms in total. The molecule has 4 rings (SSSR count). The molecule has 9 heteroatoms. The summed E-state index contributed by atoms with van der Waals surface area (Å²) in [4.78, 5) is 29.7. The average Bonchev–Trinajstić information content (AvgIpc) is 3.35. The van der Waals surface area contributed by atoms with Crippen LogP contribution in [0.15, 0.2) is 17.1 Å². The van der Waals surface area contributed by atoms with Crippen molar-refractivity contribution in [2.45, 2.75) is 24.9 Å². The highest BCUT2D eigenvalue weighted by Crippen LogP contribution is 2.39. The summed E-state index contributed by atoms with van der Waals surface area (Å²) < 4.78 is 28.9. The van der Waals surface area contributed by atoms with Gasteiger partial charge in [-0.05, 0) is 18.9 Å². The van der Waals surface area contributed by atoms with Crippen molar-refractivity contribution in [3.8, 4) is 0 Å². The number of aromatic carboxylic acids is 1. The van der Waals surface area contributed by atoms with Crippen molar-refractivity contribution < 1.29 is 18.7 Å². The van der Waals surface area contributed by atoms with E-state index < -0.39 is 29.5 Å². The molecule has 0 bridgehead atoms. The summed E-state index contributed by atoms with van der Waals surface area (Å²) in [6.45, 7) is 0.956. The molecule has 26 heavy (non-hydrogen) atoms. The Balaban J connectivity index is 1.87. The van der Waals surface area contributed by atoms with E-state index in [2.05, 4.69) is 10.3 Å². The maximum atomic E-state index is 14.7. The smallest absolute Gasteiger partial charge is 0.341 e. The van der Waals surface area contributed by atoms with Crippen molar-refractivity contribution in [3.63, 3.8) is 0 Å². The molecule has 2 aromatic rings. The number of fused-ring (bicyclic) bond motifs is 1. The summed E-state index contributed by atoms with van der Waals surface area (Å²) in [5, 5.41) is 12.4. The van der Waals surface area contributed by atoms with Crippen LogP contribution in [0.4, 0.5) is 14.6 Å². The van der Waals surface area contributed by atoms with Crippen molar-refractivity contribution in [1.29, 1.82) is 0 Å². The summed E-state index contributed by atoms with van der Waals surface area (Å²) in [5.74, 6) is -2.01. The van der Waals surface area contributed by atoms with Gasteiger partial charge in [0.2, 0.25) is 5.43 Å². The van der Waals surface area contributed by atoms with E-state index in [9.17, 15) is 23.5 Å². The van der Waals surface area contributed by atoms with Gasteiger partial charge in [0.15, 0.2) is 11.6 Å². The van der Waals surface area contributed by atoms with Gasteiger partial charge in [-0.1, -0.05) is 0 Å². The molecular formula is C17H18F2N4O3. The fourth-order valence-electron chi connectivity index (χ4n) is 3.53. The third kappa shape index (κ3) is 2.72. The summed E-state index contributed by atoms with van der Waals surface area (Å²) in [6, 6.07) is 1.02. The molecule has 1 aliphatic heterocycles. The molecule has 1 saturated carbocycles. The number of nitrogens with one attached hydrogen (secondary N) is 1. The highest BCUT2D eigenvalue weighted by atomic mass is 19.1. The predicted octanol–water partition coefficient (Wildman–Crippen LogP) is 1.15. The molecular weight excluding hydrogens is 346 g/mol. The Morgan fingerprint density at radius 2 is 2.19 bits per heavy atom. The number of aromatic nitrogens is 2. The number of hydrogen-bond donors (Lipinski definition) is 2. The van der Waals surface area contributed by atoms with Crippen LogP contribution < -0.4 is 15.6 Å². The van der Waals surface area contributed by atoms with Gasteiger partial charge in [0.1, 0.15) is 17.9 Å². The lowest BCUT2D eigenvalue weighted by molar-refractivity contribution is 0.0694. The van der Waals surface area contributed by atoms with Gasteiger partial charge < -0.3 is 19.9 Å². The SMILES string of the molecule is O=C(O)c1cn(CCF)c2nc(N3CCNC4(CC4)C3)c(F)cc2c1=O. The van der Waals surface area contributed by atoms with Gasteiger partial charge in [0, 0.05) is 31.4 Å². The van der Waals surface area contributed by atoms with Crippen molar-refractivity contribution in [1.82, 2.24) is 14.9 Å². The zero-order chi connectivity index (χ0) is 18.5. The summed E-state index contributed by atoms with van der Waals surface area (Å²) in [5.41, 5.74) is -1.25. The second kappa shape index (κ2) is 6.01. The number of carboxylic acid groups (broad SMARTS) is 1. The van der Waals surface area contributed by atoms with Gasteiger partial charge in [-0.15, -0.1) is 0 Å². The number of halogens is 2. The lowest BCUT2D eigenvalue weighted by Gasteiger charge is -2.35. The number of carboxylic acids is 1. The van der Waals surface area contributed by atoms with Gasteiger partial charge in [0.25, 0.3) is 0 Å². The van der Waals surface area contributed by atoms with E-state index >= 15 is 0 Å². The number of carbonyl (C=O) groups is 1. The van der Waals surface area contributed by atoms with Crippen LogP contribution in [0.5, 0.6) is 0 Å². The highest BCUT2D eigenvalue weighted by molar-refractivity contribution is 5.92. The predicted molar refractivity (Wildman–Crippen MR) is 91.1 cm³/mol. The highest BCUT2D eigenvalue weighted by Gasteiger charge is 2.46. The molecule has 3 heterocycles. The zero-order valence-electron chi connectivity index (χ0n) is 14.0. The maximum Gasteiger partial charge on any atom is 0.341 e. The molecule has 2 aliphatic rings. The van der Waals surface area contributed by atoms with Gasteiger partial charge in [-0.3, -0.25) is 4.79 Å². The summed E-state index contributed by atoms with van der Waals surface area (Å²) in [6.07, 6.45) is 3.11. The molecule has 2 N–H and O–H groups in total. The lowest BCUT2D eigenvalue weighted by Crippen LogP contribution is -2.53. The van der Waals surface area contributed by atoms with Gasteiger partial charge in [-0.2, -0.15) is 0 Å². The minimum Gasteiger partial charge on any atom is -0.477 e. The monoisotopic (exact) mass is 364 g/mol. The number of hydrogen-bond acceptors (Lipinski definition) is 5. The van der Waals surface area contributed by atoms with Crippen molar-refractivity contribution in [2.24, 2.45) is 0 Å². The molecule has 138 valence electrons. The molecule has 0 atom stereocenters. The number of nitrogens with zero attached hydrogens (tertiary/aromatic N) is 3. The second-order valence-corrected chi connectivity index (χ2v) is 6.85. The largest absolute Gasteiger partial charge is 0.477 e. The average molecular weight is 364 g/mol. The molecule has 1 saturated heterocycles. The van der Waals surface area contributed by atoms with Crippen LogP contribution in [-0.4, -0.2) is 52.5 Å². The summed E-state index contributed by atoms with van der Waals surface area (Å²) >= 11 is 0. The molecule has 0 radical (unpaired) electrons. The Hall–Kier alpha value is -2.55. The topological polar surface area (TPSA) is 87.5 Å². The zero-order valence-corrected chi connectivity index (χ0v) is 14.0. The first-order valence-corrected chi connectivity index (χ1v) is 8.47. The molecule has 0 unspecified atom stereocenters. The van der Waals surface area contributed by atoms with E-state index in [1.54, 1.807) is 0 Å². The van der Waals surface area contributed by atoms with E-state index in [0.717, 1.165) is 25.1 Å². The number of piperazine rings is 1. The molecule has 1 spiro atoms. The number of rotatable bonds is 4. The van der Waals surface area contributed by atoms with Crippen molar-refractivity contribution >= 4 is 22.8 Å².